The minimum absolute atomic E-state index is 0. The molecule has 1 saturated carbocycles. The normalized spacial score (nSPS) is 33.1. The average Bonchev–Trinajstić information content (AvgIpc) is 3.25. The van der Waals surface area contributed by atoms with Gasteiger partial charge in [-0.2, -0.15) is 0 Å². The first-order chi connectivity index (χ1) is 14.5. The van der Waals surface area contributed by atoms with Crippen LogP contribution < -0.4 is 45.7 Å². The topological polar surface area (TPSA) is 128 Å². The minimum Gasteiger partial charge on any atom is -0.548 e. The van der Waals surface area contributed by atoms with Crippen molar-refractivity contribution >= 4 is 46.0 Å². The van der Waals surface area contributed by atoms with Gasteiger partial charge in [0, 0.05) is 22.0 Å². The minimum atomic E-state index is -1.25. The van der Waals surface area contributed by atoms with Gasteiger partial charge in [-0.25, -0.2) is 4.98 Å². The molecule has 32 heavy (non-hydrogen) atoms. The van der Waals surface area contributed by atoms with Crippen LogP contribution in [0, 0.1) is 5.92 Å². The Labute approximate surface area is 218 Å². The van der Waals surface area contributed by atoms with Gasteiger partial charge in [-0.3, -0.25) is 9.59 Å². The van der Waals surface area contributed by atoms with Gasteiger partial charge in [0.2, 0.25) is 11.8 Å². The summed E-state index contributed by atoms with van der Waals surface area (Å²) in [6.07, 6.45) is 5.38. The van der Waals surface area contributed by atoms with Gasteiger partial charge < -0.3 is 25.9 Å². The van der Waals surface area contributed by atoms with Crippen LogP contribution in [-0.4, -0.2) is 49.9 Å². The van der Waals surface area contributed by atoms with Gasteiger partial charge >= 0.3 is 29.6 Å². The molecule has 0 radical (unpaired) electrons. The number of aliphatic carboxylic acids is 1. The van der Waals surface area contributed by atoms with Crippen LogP contribution in [0.15, 0.2) is 5.38 Å². The summed E-state index contributed by atoms with van der Waals surface area (Å²) in [5.74, 6) is -1.44. The Hall–Kier alpha value is -0.810. The average molecular weight is 489 g/mol. The molecule has 3 heterocycles. The number of β-lactam (4-membered cyclic amide) rings is 1. The van der Waals surface area contributed by atoms with E-state index in [2.05, 4.69) is 17.2 Å². The molecule has 170 valence electrons. The summed E-state index contributed by atoms with van der Waals surface area (Å²) >= 11 is 2.85. The second kappa shape index (κ2) is 9.44. The number of carbonyl (C=O) groups is 3. The Morgan fingerprint density at radius 2 is 2.06 bits per heavy atom. The molecule has 0 aromatic carbocycles. The molecule has 2 amide bonds. The van der Waals surface area contributed by atoms with E-state index in [1.807, 2.05) is 5.38 Å². The quantitative estimate of drug-likeness (QED) is 0.359. The smallest absolute Gasteiger partial charge is 0.548 e. The molecular formula is C21H29N4NaO4S2. The molecule has 2 aliphatic heterocycles. The number of nitrogens with zero attached hydrogens (tertiary/aromatic N) is 2. The van der Waals surface area contributed by atoms with Crippen molar-refractivity contribution in [3.63, 3.8) is 0 Å². The van der Waals surface area contributed by atoms with Gasteiger partial charge in [-0.1, -0.05) is 19.8 Å². The molecule has 8 nitrogen and oxygen atoms in total. The molecule has 2 saturated heterocycles. The number of rotatable bonds is 6. The number of amides is 2. The number of fused-ring (bicyclic) bond motifs is 1. The number of hydrogen-bond donors (Lipinski definition) is 2. The van der Waals surface area contributed by atoms with Crippen molar-refractivity contribution in [2.75, 3.05) is 5.73 Å². The maximum Gasteiger partial charge on any atom is 1.00 e. The summed E-state index contributed by atoms with van der Waals surface area (Å²) in [4.78, 5) is 42.7. The van der Waals surface area contributed by atoms with Crippen molar-refractivity contribution in [3.05, 3.63) is 11.1 Å². The molecule has 3 N–H and O–H groups in total. The van der Waals surface area contributed by atoms with E-state index in [9.17, 15) is 19.5 Å². The number of carbonyl (C=O) groups excluding carboxylic acids is 3. The number of carboxylic acid groups (broad SMARTS) is 1. The molecule has 3 aliphatic rings. The number of thiazole rings is 1. The zero-order chi connectivity index (χ0) is 22.6. The van der Waals surface area contributed by atoms with Crippen LogP contribution >= 0.6 is 23.1 Å². The summed E-state index contributed by atoms with van der Waals surface area (Å²) in [6.45, 7) is 5.80. The monoisotopic (exact) mass is 488 g/mol. The number of aromatic nitrogens is 1. The Balaban J connectivity index is 0.00000289. The van der Waals surface area contributed by atoms with Crippen molar-refractivity contribution in [2.24, 2.45) is 5.92 Å². The number of nitrogens with one attached hydrogen (secondary N) is 1. The van der Waals surface area contributed by atoms with Crippen molar-refractivity contribution in [1.29, 1.82) is 0 Å². The van der Waals surface area contributed by atoms with E-state index in [4.69, 9.17) is 5.73 Å². The molecule has 4 rings (SSSR count). The molecular weight excluding hydrogens is 459 g/mol. The Bertz CT molecular complexity index is 910. The van der Waals surface area contributed by atoms with Crippen LogP contribution in [0.2, 0.25) is 0 Å². The van der Waals surface area contributed by atoms with Crippen molar-refractivity contribution < 1.29 is 49.0 Å². The summed E-state index contributed by atoms with van der Waals surface area (Å²) in [5, 5.41) is 16.6. The Kier molecular flexibility index (Phi) is 7.62. The largest absolute Gasteiger partial charge is 1.00 e. The first kappa shape index (κ1) is 25.8. The van der Waals surface area contributed by atoms with E-state index >= 15 is 0 Å². The Morgan fingerprint density at radius 1 is 1.34 bits per heavy atom. The first-order valence-corrected chi connectivity index (χ1v) is 12.5. The first-order valence-electron chi connectivity index (χ1n) is 10.8. The van der Waals surface area contributed by atoms with E-state index < -0.39 is 22.8 Å². The number of nitrogen functional groups attached to an aromatic ring is 1. The van der Waals surface area contributed by atoms with Crippen LogP contribution in [0.1, 0.15) is 65.0 Å². The molecule has 1 aromatic heterocycles. The summed E-state index contributed by atoms with van der Waals surface area (Å²) < 4.78 is -0.655. The maximum atomic E-state index is 12.7. The molecule has 2 unspecified atom stereocenters. The zero-order valence-electron chi connectivity index (χ0n) is 19.1. The molecule has 11 heteroatoms. The number of hydrogen-bond acceptors (Lipinski definition) is 8. The van der Waals surface area contributed by atoms with Crippen LogP contribution in [0.3, 0.4) is 0 Å². The maximum absolute atomic E-state index is 12.7. The molecule has 5 atom stereocenters. The van der Waals surface area contributed by atoms with Crippen molar-refractivity contribution in [2.45, 2.75) is 86.9 Å². The van der Waals surface area contributed by atoms with Gasteiger partial charge in [0.1, 0.15) is 11.4 Å². The SMILES string of the molecule is CC1(c2csc(N)n2)CCCCC1CCC(=O)N[C@@H]1C(=O)N2[C@@H]1SC(C)(C)[C@@H]2C(=O)[O-].[Na+]. The number of nitrogens with two attached hydrogens (primary N) is 1. The van der Waals surface area contributed by atoms with Gasteiger partial charge in [0.15, 0.2) is 5.13 Å². The van der Waals surface area contributed by atoms with Gasteiger partial charge in [0.05, 0.1) is 17.7 Å². The molecule has 0 spiro atoms. The molecule has 0 bridgehead atoms. The van der Waals surface area contributed by atoms with E-state index in [0.717, 1.165) is 37.8 Å². The van der Waals surface area contributed by atoms with Crippen LogP contribution in [0.4, 0.5) is 5.13 Å². The number of anilines is 1. The summed E-state index contributed by atoms with van der Waals surface area (Å²) in [6, 6.07) is -1.64. The third-order valence-electron chi connectivity index (χ3n) is 7.21. The second-order valence-corrected chi connectivity index (χ2v) is 12.3. The van der Waals surface area contributed by atoms with E-state index in [0.29, 0.717) is 17.5 Å². The molecule has 1 aliphatic carbocycles. The fraction of sp³-hybridized carbons (Fsp3) is 0.714. The van der Waals surface area contributed by atoms with Crippen LogP contribution in [-0.2, 0) is 19.8 Å². The molecule has 3 fully saturated rings. The van der Waals surface area contributed by atoms with E-state index in [-0.39, 0.29) is 52.2 Å². The summed E-state index contributed by atoms with van der Waals surface area (Å²) in [5.41, 5.74) is 6.78. The standard InChI is InChI=1S/C21H30N4O4S2.Na/c1-20(2)15(18(28)29)25-16(27)14(17(25)31-20)24-13(26)8-7-11-6-4-5-9-21(11,3)12-10-30-19(22)23-12;/h10-11,14-15,17H,4-9H2,1-3H3,(H2,22,23)(H,24,26)(H,28,29);/q;+1/p-1/t11?,14-,15+,17-,21?;/m1./s1. The van der Waals surface area contributed by atoms with Crippen molar-refractivity contribution in [3.8, 4) is 0 Å². The fourth-order valence-corrected chi connectivity index (χ4v) is 7.76. The number of thioether (sulfide) groups is 1. The third kappa shape index (κ3) is 4.45. The third-order valence-corrected chi connectivity index (χ3v) is 9.45. The van der Waals surface area contributed by atoms with E-state index in [1.54, 1.807) is 13.8 Å². The van der Waals surface area contributed by atoms with Gasteiger partial charge in [-0.15, -0.1) is 23.1 Å². The van der Waals surface area contributed by atoms with Crippen LogP contribution in [0.25, 0.3) is 0 Å². The van der Waals surface area contributed by atoms with Gasteiger partial charge in [0.25, 0.3) is 0 Å². The zero-order valence-corrected chi connectivity index (χ0v) is 22.7. The number of carboxylic acids is 1. The molecule has 1 aromatic rings. The summed E-state index contributed by atoms with van der Waals surface area (Å²) in [7, 11) is 0. The Morgan fingerprint density at radius 3 is 2.69 bits per heavy atom. The van der Waals surface area contributed by atoms with Gasteiger partial charge in [-0.05, 0) is 39.0 Å². The predicted octanol–water partition coefficient (Wildman–Crippen LogP) is -1.75. The van der Waals surface area contributed by atoms with Crippen molar-refractivity contribution in [1.82, 2.24) is 15.2 Å². The predicted molar refractivity (Wildman–Crippen MR) is 118 cm³/mol. The van der Waals surface area contributed by atoms with E-state index in [1.165, 1.54) is 28.0 Å². The van der Waals surface area contributed by atoms with Crippen LogP contribution in [0.5, 0.6) is 0 Å². The second-order valence-electron chi connectivity index (χ2n) is 9.59. The fourth-order valence-electron chi connectivity index (χ4n) is 5.43.